The summed E-state index contributed by atoms with van der Waals surface area (Å²) in [6, 6.07) is 10.7. The summed E-state index contributed by atoms with van der Waals surface area (Å²) < 4.78 is 22.1. The van der Waals surface area contributed by atoms with Gasteiger partial charge in [0.15, 0.2) is 18.1 Å². The van der Waals surface area contributed by atoms with Gasteiger partial charge in [0.05, 0.1) is 29.6 Å². The second kappa shape index (κ2) is 12.7. The Kier molecular flexibility index (Phi) is 10.00. The molecule has 0 spiro atoms. The highest BCUT2D eigenvalue weighted by Crippen LogP contribution is 2.35. The van der Waals surface area contributed by atoms with Gasteiger partial charge in [0.2, 0.25) is 0 Å². The van der Waals surface area contributed by atoms with Crippen LogP contribution >= 0.6 is 22.6 Å². The third-order valence-electron chi connectivity index (χ3n) is 4.25. The van der Waals surface area contributed by atoms with Crippen LogP contribution in [0.15, 0.2) is 35.9 Å². The van der Waals surface area contributed by atoms with Crippen molar-refractivity contribution in [1.82, 2.24) is 0 Å². The van der Waals surface area contributed by atoms with E-state index >= 15 is 0 Å². The first kappa shape index (κ1) is 26.0. The second-order valence-electron chi connectivity index (χ2n) is 6.68. The topological polar surface area (TPSA) is 107 Å². The van der Waals surface area contributed by atoms with Crippen LogP contribution in [0.5, 0.6) is 17.2 Å². The lowest BCUT2D eigenvalue weighted by atomic mass is 10.1. The molecule has 0 saturated carbocycles. The Bertz CT molecular complexity index is 1090. The maximum atomic E-state index is 12.8. The number of carbonyl (C=O) groups is 2. The van der Waals surface area contributed by atoms with Crippen molar-refractivity contribution in [2.75, 3.05) is 32.2 Å². The van der Waals surface area contributed by atoms with Gasteiger partial charge in [-0.3, -0.25) is 4.79 Å². The van der Waals surface area contributed by atoms with Crippen LogP contribution in [-0.4, -0.2) is 38.8 Å². The molecule has 1 N–H and O–H groups in total. The van der Waals surface area contributed by atoms with E-state index in [0.717, 1.165) is 5.56 Å². The molecule has 0 aliphatic heterocycles. The number of nitrogens with one attached hydrogen (secondary N) is 1. The average molecular weight is 564 g/mol. The molecule has 8 nitrogen and oxygen atoms in total. The van der Waals surface area contributed by atoms with Crippen LogP contribution in [0.1, 0.15) is 25.0 Å². The van der Waals surface area contributed by atoms with Crippen LogP contribution in [0.3, 0.4) is 0 Å². The molecule has 174 valence electrons. The van der Waals surface area contributed by atoms with Gasteiger partial charge in [-0.25, -0.2) is 4.79 Å². The number of carbonyl (C=O) groups excluding carboxylic acids is 2. The number of amides is 1. The molecule has 0 unspecified atom stereocenters. The lowest BCUT2D eigenvalue weighted by Gasteiger charge is -2.14. The molecule has 0 aromatic heterocycles. The van der Waals surface area contributed by atoms with Gasteiger partial charge in [-0.2, -0.15) is 5.26 Å². The number of anilines is 1. The third kappa shape index (κ3) is 7.39. The number of hydrogen-bond acceptors (Lipinski definition) is 7. The quantitative estimate of drug-likeness (QED) is 0.196. The first-order valence-electron chi connectivity index (χ1n) is 10.1. The Morgan fingerprint density at radius 3 is 2.52 bits per heavy atom. The summed E-state index contributed by atoms with van der Waals surface area (Å²) in [5, 5.41) is 12.3. The van der Waals surface area contributed by atoms with Gasteiger partial charge in [0.25, 0.3) is 5.91 Å². The number of nitriles is 1. The van der Waals surface area contributed by atoms with Gasteiger partial charge >= 0.3 is 5.97 Å². The molecule has 2 aromatic rings. The van der Waals surface area contributed by atoms with E-state index in [1.807, 2.05) is 48.6 Å². The molecule has 0 saturated heterocycles. The Labute approximate surface area is 206 Å². The van der Waals surface area contributed by atoms with E-state index in [1.165, 1.54) is 13.2 Å². The smallest absolute Gasteiger partial charge is 0.344 e. The molecule has 2 aromatic carbocycles. The molecule has 9 heteroatoms. The van der Waals surface area contributed by atoms with Crippen molar-refractivity contribution < 1.29 is 28.5 Å². The lowest BCUT2D eigenvalue weighted by Crippen LogP contribution is -2.15. The number of rotatable bonds is 10. The van der Waals surface area contributed by atoms with Gasteiger partial charge in [0.1, 0.15) is 17.4 Å². The molecule has 0 atom stereocenters. The van der Waals surface area contributed by atoms with Crippen LogP contribution in [0, 0.1) is 21.8 Å². The van der Waals surface area contributed by atoms with Crippen LogP contribution in [0.25, 0.3) is 6.08 Å². The summed E-state index contributed by atoms with van der Waals surface area (Å²) in [7, 11) is 1.50. The Hall–Kier alpha value is -3.26. The Morgan fingerprint density at radius 1 is 1.12 bits per heavy atom. The zero-order valence-electron chi connectivity index (χ0n) is 18.9. The maximum absolute atomic E-state index is 12.8. The minimum Gasteiger partial charge on any atom is -0.495 e. The van der Waals surface area contributed by atoms with Crippen LogP contribution in [0.4, 0.5) is 5.69 Å². The summed E-state index contributed by atoms with van der Waals surface area (Å²) in [6.45, 7) is 5.77. The van der Waals surface area contributed by atoms with E-state index in [2.05, 4.69) is 5.32 Å². The van der Waals surface area contributed by atoms with Crippen molar-refractivity contribution in [3.05, 3.63) is 50.6 Å². The molecule has 0 heterocycles. The average Bonchev–Trinajstić information content (AvgIpc) is 2.77. The number of methoxy groups -OCH3 is 1. The Morgan fingerprint density at radius 2 is 1.88 bits per heavy atom. The van der Waals surface area contributed by atoms with Gasteiger partial charge in [-0.1, -0.05) is 6.07 Å². The number of halogens is 1. The van der Waals surface area contributed by atoms with Crippen LogP contribution in [-0.2, 0) is 14.3 Å². The van der Waals surface area contributed by atoms with Crippen LogP contribution < -0.4 is 19.5 Å². The summed E-state index contributed by atoms with van der Waals surface area (Å²) in [6.07, 6.45) is 1.46. The SMILES string of the molecule is CCOC(=O)COc1c(I)cc(/C=C(\C#N)C(=O)Nc2cc(C)ccc2OC)cc1OCC. The monoisotopic (exact) mass is 564 g/mol. The second-order valence-corrected chi connectivity index (χ2v) is 7.85. The van der Waals surface area contributed by atoms with E-state index in [0.29, 0.717) is 38.7 Å². The zero-order valence-corrected chi connectivity index (χ0v) is 21.0. The number of benzene rings is 2. The third-order valence-corrected chi connectivity index (χ3v) is 5.05. The van der Waals surface area contributed by atoms with Gasteiger partial charge in [-0.05, 0) is 84.8 Å². The zero-order chi connectivity index (χ0) is 24.4. The normalized spacial score (nSPS) is 10.7. The highest BCUT2D eigenvalue weighted by Gasteiger charge is 2.17. The van der Waals surface area contributed by atoms with E-state index < -0.39 is 11.9 Å². The standard InChI is InChI=1S/C24H25IN2O6/c1-5-31-21-12-16(11-18(25)23(21)33-14-22(28)32-6-2)10-17(13-26)24(29)27-19-9-15(3)7-8-20(19)30-4/h7-12H,5-6,14H2,1-4H3,(H,27,29)/b17-10+. The number of nitrogens with zero attached hydrogens (tertiary/aromatic N) is 1. The van der Waals surface area contributed by atoms with Gasteiger partial charge in [-0.15, -0.1) is 0 Å². The van der Waals surface area contributed by atoms with Gasteiger partial charge in [0, 0.05) is 0 Å². The minimum atomic E-state index is -0.572. The number of hydrogen-bond donors (Lipinski definition) is 1. The molecule has 2 rings (SSSR count). The molecule has 0 aliphatic carbocycles. The molecule has 1 amide bonds. The highest BCUT2D eigenvalue weighted by molar-refractivity contribution is 14.1. The van der Waals surface area contributed by atoms with Crippen molar-refractivity contribution >= 4 is 46.2 Å². The van der Waals surface area contributed by atoms with E-state index in [4.69, 9.17) is 18.9 Å². The molecule has 0 bridgehead atoms. The Balaban J connectivity index is 2.33. The van der Waals surface area contributed by atoms with Crippen molar-refractivity contribution in [1.29, 1.82) is 5.26 Å². The number of esters is 1. The van der Waals surface area contributed by atoms with Crippen molar-refractivity contribution in [2.24, 2.45) is 0 Å². The number of ether oxygens (including phenoxy) is 4. The fourth-order valence-corrected chi connectivity index (χ4v) is 3.61. The largest absolute Gasteiger partial charge is 0.495 e. The first-order chi connectivity index (χ1) is 15.8. The summed E-state index contributed by atoms with van der Waals surface area (Å²) in [5.74, 6) is 0.197. The molecular weight excluding hydrogens is 539 g/mol. The first-order valence-corrected chi connectivity index (χ1v) is 11.2. The molecule has 0 radical (unpaired) electrons. The summed E-state index contributed by atoms with van der Waals surface area (Å²) in [4.78, 5) is 24.4. The lowest BCUT2D eigenvalue weighted by molar-refractivity contribution is -0.145. The molecule has 0 aliphatic rings. The molecule has 33 heavy (non-hydrogen) atoms. The molecule has 0 fully saturated rings. The fraction of sp³-hybridized carbons (Fsp3) is 0.292. The van der Waals surface area contributed by atoms with Crippen molar-refractivity contribution in [2.45, 2.75) is 20.8 Å². The highest BCUT2D eigenvalue weighted by atomic mass is 127. The fourth-order valence-electron chi connectivity index (χ4n) is 2.83. The van der Waals surface area contributed by atoms with E-state index in [-0.39, 0.29) is 18.8 Å². The minimum absolute atomic E-state index is 0.100. The van der Waals surface area contributed by atoms with Crippen LogP contribution in [0.2, 0.25) is 0 Å². The van der Waals surface area contributed by atoms with E-state index in [1.54, 1.807) is 31.2 Å². The predicted molar refractivity (Wildman–Crippen MR) is 132 cm³/mol. The molecular formula is C24H25IN2O6. The van der Waals surface area contributed by atoms with E-state index in [9.17, 15) is 14.9 Å². The van der Waals surface area contributed by atoms with Gasteiger partial charge < -0.3 is 24.3 Å². The van der Waals surface area contributed by atoms with Crippen molar-refractivity contribution in [3.8, 4) is 23.3 Å². The maximum Gasteiger partial charge on any atom is 0.344 e. The van der Waals surface area contributed by atoms with Crippen molar-refractivity contribution in [3.63, 3.8) is 0 Å². The summed E-state index contributed by atoms with van der Waals surface area (Å²) >= 11 is 2.04. The number of aryl methyl sites for hydroxylation is 1. The predicted octanol–water partition coefficient (Wildman–Crippen LogP) is 4.49. The summed E-state index contributed by atoms with van der Waals surface area (Å²) in [5.41, 5.74) is 1.87.